The summed E-state index contributed by atoms with van der Waals surface area (Å²) in [7, 11) is 0. The summed E-state index contributed by atoms with van der Waals surface area (Å²) in [5, 5.41) is 5.29. The number of allylic oxidation sites excluding steroid dienone is 1. The number of ketones is 1. The number of carbonyl (C=O) groups is 2. The summed E-state index contributed by atoms with van der Waals surface area (Å²) in [5.74, 6) is 0.0959. The molecule has 0 saturated carbocycles. The number of piperidine rings is 1. The highest BCUT2D eigenvalue weighted by Crippen LogP contribution is 2.33. The van der Waals surface area contributed by atoms with Crippen molar-refractivity contribution in [2.75, 3.05) is 13.1 Å². The smallest absolute Gasteiger partial charge is 0.224 e. The zero-order valence-corrected chi connectivity index (χ0v) is 16.8. The van der Waals surface area contributed by atoms with Crippen LogP contribution in [0, 0.1) is 0 Å². The van der Waals surface area contributed by atoms with E-state index in [-0.39, 0.29) is 24.2 Å². The largest absolute Gasteiger partial charge is 0.352 e. The third-order valence-corrected chi connectivity index (χ3v) is 6.45. The summed E-state index contributed by atoms with van der Waals surface area (Å²) >= 11 is 1.78. The molecule has 1 aromatic carbocycles. The Labute approximate surface area is 170 Å². The first-order valence-electron chi connectivity index (χ1n) is 10.0. The summed E-state index contributed by atoms with van der Waals surface area (Å²) in [5.41, 5.74) is 2.81. The van der Waals surface area contributed by atoms with Gasteiger partial charge in [-0.3, -0.25) is 14.5 Å². The summed E-state index contributed by atoms with van der Waals surface area (Å²) in [6.07, 6.45) is 3.55. The number of amides is 1. The Morgan fingerprint density at radius 2 is 2.00 bits per heavy atom. The highest BCUT2D eigenvalue weighted by Gasteiger charge is 2.27. The van der Waals surface area contributed by atoms with E-state index in [1.54, 1.807) is 11.3 Å². The summed E-state index contributed by atoms with van der Waals surface area (Å²) in [4.78, 5) is 28.8. The maximum atomic E-state index is 12.7. The topological polar surface area (TPSA) is 49.4 Å². The monoisotopic (exact) mass is 394 g/mol. The Balaban J connectivity index is 1.37. The van der Waals surface area contributed by atoms with Crippen LogP contribution < -0.4 is 5.32 Å². The zero-order valence-electron chi connectivity index (χ0n) is 16.0. The second-order valence-corrected chi connectivity index (χ2v) is 8.68. The maximum Gasteiger partial charge on any atom is 0.224 e. The molecule has 1 saturated heterocycles. The van der Waals surface area contributed by atoms with Gasteiger partial charge in [-0.05, 0) is 48.4 Å². The second kappa shape index (κ2) is 8.84. The number of hydrogen-bond donors (Lipinski definition) is 1. The highest BCUT2D eigenvalue weighted by atomic mass is 32.1. The average molecular weight is 395 g/mol. The first kappa shape index (κ1) is 19.1. The van der Waals surface area contributed by atoms with Crippen molar-refractivity contribution in [1.29, 1.82) is 0 Å². The molecular formula is C23H26N2O2S. The Morgan fingerprint density at radius 3 is 2.79 bits per heavy atom. The van der Waals surface area contributed by atoms with Crippen LogP contribution >= 0.6 is 11.3 Å². The van der Waals surface area contributed by atoms with Crippen LogP contribution in [0.2, 0.25) is 0 Å². The Morgan fingerprint density at radius 1 is 1.14 bits per heavy atom. The highest BCUT2D eigenvalue weighted by molar-refractivity contribution is 7.09. The van der Waals surface area contributed by atoms with E-state index >= 15 is 0 Å². The minimum absolute atomic E-state index is 0.0262. The Hall–Kier alpha value is -2.24. The molecule has 1 aliphatic heterocycles. The van der Waals surface area contributed by atoms with Crippen LogP contribution in [0.15, 0.2) is 53.4 Å². The SMILES string of the molecule is O=C(CC1=C(c2ccccc2)CCC1=O)NC1CCCN(Cc2cccs2)C1. The Kier molecular flexibility index (Phi) is 6.03. The van der Waals surface area contributed by atoms with Gasteiger partial charge >= 0.3 is 0 Å². The van der Waals surface area contributed by atoms with Crippen LogP contribution in [0.5, 0.6) is 0 Å². The third kappa shape index (κ3) is 4.59. The van der Waals surface area contributed by atoms with Crippen molar-refractivity contribution in [3.05, 3.63) is 63.9 Å². The first-order chi connectivity index (χ1) is 13.7. The molecule has 1 fully saturated rings. The molecule has 0 radical (unpaired) electrons. The van der Waals surface area contributed by atoms with Crippen LogP contribution in [0.25, 0.3) is 5.57 Å². The number of carbonyl (C=O) groups excluding carboxylic acids is 2. The average Bonchev–Trinajstić information content (AvgIpc) is 3.33. The van der Waals surface area contributed by atoms with E-state index in [0.29, 0.717) is 12.0 Å². The molecule has 4 rings (SSSR count). The number of nitrogens with zero attached hydrogens (tertiary/aromatic N) is 1. The molecular weight excluding hydrogens is 368 g/mol. The zero-order chi connectivity index (χ0) is 19.3. The fourth-order valence-electron chi connectivity index (χ4n) is 4.25. The molecule has 28 heavy (non-hydrogen) atoms. The van der Waals surface area contributed by atoms with Crippen LogP contribution in [0.1, 0.15) is 42.5 Å². The lowest BCUT2D eigenvalue weighted by Gasteiger charge is -2.32. The van der Waals surface area contributed by atoms with Crippen molar-refractivity contribution >= 4 is 28.6 Å². The number of rotatable bonds is 6. The molecule has 2 aromatic rings. The van der Waals surface area contributed by atoms with Gasteiger partial charge in [0.25, 0.3) is 0 Å². The van der Waals surface area contributed by atoms with Crippen LogP contribution in [0.4, 0.5) is 0 Å². The molecule has 4 nitrogen and oxygen atoms in total. The number of likely N-dealkylation sites (tertiary alicyclic amines) is 1. The molecule has 146 valence electrons. The van der Waals surface area contributed by atoms with Crippen molar-refractivity contribution in [3.8, 4) is 0 Å². The van der Waals surface area contributed by atoms with Crippen molar-refractivity contribution in [2.24, 2.45) is 0 Å². The molecule has 1 unspecified atom stereocenters. The number of nitrogens with one attached hydrogen (secondary N) is 1. The van der Waals surface area contributed by atoms with E-state index < -0.39 is 0 Å². The van der Waals surface area contributed by atoms with Crippen molar-refractivity contribution in [2.45, 2.75) is 44.7 Å². The Bertz CT molecular complexity index is 858. The van der Waals surface area contributed by atoms with Crippen LogP contribution in [0.3, 0.4) is 0 Å². The van der Waals surface area contributed by atoms with Gasteiger partial charge in [-0.1, -0.05) is 36.4 Å². The fourth-order valence-corrected chi connectivity index (χ4v) is 5.00. The summed E-state index contributed by atoms with van der Waals surface area (Å²) in [6, 6.07) is 14.4. The summed E-state index contributed by atoms with van der Waals surface area (Å²) in [6.45, 7) is 2.90. The second-order valence-electron chi connectivity index (χ2n) is 7.64. The van der Waals surface area contributed by atoms with Gasteiger partial charge in [0.2, 0.25) is 5.91 Å². The van der Waals surface area contributed by atoms with E-state index in [1.165, 1.54) is 4.88 Å². The van der Waals surface area contributed by atoms with Crippen LogP contribution in [-0.2, 0) is 16.1 Å². The molecule has 1 N–H and O–H groups in total. The van der Waals surface area contributed by atoms with Gasteiger partial charge in [-0.25, -0.2) is 0 Å². The third-order valence-electron chi connectivity index (χ3n) is 5.59. The first-order valence-corrected chi connectivity index (χ1v) is 10.9. The molecule has 1 atom stereocenters. The van der Waals surface area contributed by atoms with Crippen LogP contribution in [-0.4, -0.2) is 35.7 Å². The van der Waals surface area contributed by atoms with E-state index in [1.807, 2.05) is 30.3 Å². The maximum absolute atomic E-state index is 12.7. The van der Waals surface area contributed by atoms with Crippen molar-refractivity contribution in [1.82, 2.24) is 10.2 Å². The molecule has 1 aliphatic carbocycles. The molecule has 2 heterocycles. The molecule has 0 bridgehead atoms. The number of benzene rings is 1. The quantitative estimate of drug-likeness (QED) is 0.805. The van der Waals surface area contributed by atoms with Gasteiger partial charge < -0.3 is 5.32 Å². The van der Waals surface area contributed by atoms with Crippen molar-refractivity contribution < 1.29 is 9.59 Å². The van der Waals surface area contributed by atoms with Gasteiger partial charge in [0.15, 0.2) is 5.78 Å². The van der Waals surface area contributed by atoms with Crippen molar-refractivity contribution in [3.63, 3.8) is 0 Å². The minimum Gasteiger partial charge on any atom is -0.352 e. The number of hydrogen-bond acceptors (Lipinski definition) is 4. The van der Waals surface area contributed by atoms with E-state index in [2.05, 4.69) is 27.7 Å². The van der Waals surface area contributed by atoms with Gasteiger partial charge in [0.1, 0.15) is 0 Å². The molecule has 5 heteroatoms. The predicted octanol–water partition coefficient (Wildman–Crippen LogP) is 4.04. The molecule has 1 aromatic heterocycles. The predicted molar refractivity (Wildman–Crippen MR) is 113 cm³/mol. The molecule has 2 aliphatic rings. The van der Waals surface area contributed by atoms with E-state index in [4.69, 9.17) is 0 Å². The normalized spacial score (nSPS) is 20.6. The lowest BCUT2D eigenvalue weighted by molar-refractivity contribution is -0.123. The lowest BCUT2D eigenvalue weighted by atomic mass is 9.99. The molecule has 1 amide bonds. The lowest BCUT2D eigenvalue weighted by Crippen LogP contribution is -2.47. The summed E-state index contributed by atoms with van der Waals surface area (Å²) < 4.78 is 0. The van der Waals surface area contributed by atoms with Gasteiger partial charge in [-0.15, -0.1) is 11.3 Å². The van der Waals surface area contributed by atoms with E-state index in [0.717, 1.165) is 50.0 Å². The van der Waals surface area contributed by atoms with E-state index in [9.17, 15) is 9.59 Å². The van der Waals surface area contributed by atoms with Gasteiger partial charge in [-0.2, -0.15) is 0 Å². The minimum atomic E-state index is -0.0262. The fraction of sp³-hybridized carbons (Fsp3) is 0.391. The standard InChI is InChI=1S/C23H26N2O2S/c26-22-11-10-20(17-6-2-1-3-7-17)21(22)14-23(27)24-18-8-4-12-25(15-18)16-19-9-5-13-28-19/h1-3,5-7,9,13,18H,4,8,10-12,14-16H2,(H,24,27). The molecule has 0 spiro atoms. The number of Topliss-reactive ketones (excluding diaryl/α,β-unsaturated/α-hetero) is 1. The number of thiophene rings is 1. The van der Waals surface area contributed by atoms with Gasteiger partial charge in [0, 0.05) is 36.0 Å². The van der Waals surface area contributed by atoms with Gasteiger partial charge in [0.05, 0.1) is 6.42 Å².